The first-order valence-electron chi connectivity index (χ1n) is 33.9. The molecule has 490 valence electrons. The van der Waals surface area contributed by atoms with Crippen LogP contribution >= 0.6 is 0 Å². The minimum atomic E-state index is -2.45. The number of carbonyl (C=O) groups is 1. The molecular weight excluding hydrogens is 1060 g/mol. The van der Waals surface area contributed by atoms with Crippen LogP contribution < -0.4 is 0 Å². The number of hydrogen-bond acceptors (Lipinski definition) is 9. The van der Waals surface area contributed by atoms with Gasteiger partial charge in [0.05, 0.1) is 12.2 Å². The molecular formula is C74H132F2N6O3. The van der Waals surface area contributed by atoms with Gasteiger partial charge in [-0.05, 0) is 246 Å². The second kappa shape index (κ2) is 31.1. The van der Waals surface area contributed by atoms with Crippen molar-refractivity contribution in [1.82, 2.24) is 29.4 Å². The predicted molar refractivity (Wildman–Crippen MR) is 358 cm³/mol. The highest BCUT2D eigenvalue weighted by Crippen LogP contribution is 2.45. The van der Waals surface area contributed by atoms with Crippen LogP contribution in [0.15, 0.2) is 48.5 Å². The second-order valence-corrected chi connectivity index (χ2v) is 33.0. The maximum atomic E-state index is 13.2. The molecule has 1 saturated carbocycles. The fourth-order valence-corrected chi connectivity index (χ4v) is 15.5. The molecule has 1 aliphatic carbocycles. The number of alkyl halides is 2. The summed E-state index contributed by atoms with van der Waals surface area (Å²) < 4.78 is 31.8. The minimum Gasteiger partial charge on any atom is -0.389 e. The van der Waals surface area contributed by atoms with E-state index in [4.69, 9.17) is 4.74 Å². The van der Waals surface area contributed by atoms with Gasteiger partial charge in [0.15, 0.2) is 0 Å². The average molecular weight is 1190 g/mol. The van der Waals surface area contributed by atoms with Crippen molar-refractivity contribution < 1.29 is 23.4 Å². The van der Waals surface area contributed by atoms with Crippen LogP contribution in [0.2, 0.25) is 0 Å². The van der Waals surface area contributed by atoms with Gasteiger partial charge >= 0.3 is 0 Å². The van der Waals surface area contributed by atoms with Crippen LogP contribution in [0.5, 0.6) is 0 Å². The fraction of sp³-hybridized carbons (Fsp3) is 0.824. The number of benzene rings is 2. The van der Waals surface area contributed by atoms with Crippen molar-refractivity contribution in [3.05, 3.63) is 70.8 Å². The molecule has 2 aromatic rings. The summed E-state index contributed by atoms with van der Waals surface area (Å²) in [7, 11) is 0. The Hall–Kier alpha value is -2.35. The summed E-state index contributed by atoms with van der Waals surface area (Å²) in [6.07, 6.45) is 12.5. The Kier molecular flexibility index (Phi) is 27.5. The lowest BCUT2D eigenvalue weighted by molar-refractivity contribution is -0.135. The van der Waals surface area contributed by atoms with Crippen molar-refractivity contribution in [3.8, 4) is 0 Å². The normalized spacial score (nSPS) is 29.0. The maximum Gasteiger partial charge on any atom is 0.249 e. The van der Waals surface area contributed by atoms with Crippen molar-refractivity contribution in [3.63, 3.8) is 0 Å². The highest BCUT2D eigenvalue weighted by molar-refractivity contribution is 5.79. The number of ketones is 1. The van der Waals surface area contributed by atoms with Crippen LogP contribution in [0.4, 0.5) is 8.78 Å². The molecule has 0 bridgehead atoms. The number of rotatable bonds is 0. The van der Waals surface area contributed by atoms with Crippen molar-refractivity contribution >= 4 is 5.78 Å². The highest BCUT2D eigenvalue weighted by Gasteiger charge is 2.49. The molecule has 0 spiro atoms. The standard InChI is InChI=1S/C14H27NO.2C14H21N.C11H21F2N.C11H21NO.C10H21NO/c1-11-12-7-5-6-8-14(12,16)9-10-15(11)13(2,3)4;1-11-9-12-7-5-6-8-13(12)10-15(11)14(2,3)4;1-11-13-8-6-5-7-12(13)9-10-15(11)14(2,3)4;1-9-5-6-11(12,13)7-8-14(9)10(2,3)4;1-9-8-10(13)6-5-7-12(9)11(2,3)4;1-9-5-7-12-8-6-11(9)10(2,3)4/h11-12,16H,5-10H2,1-4H3;2*5-8,11H,9-10H2,1-4H3;9H,5-8H2,1-4H3;9H,5-8H2,1-4H3;9H,5-8H2,1-4H3. The number of ether oxygens (including phenoxy) is 1. The zero-order valence-electron chi connectivity index (χ0n) is 59.4. The van der Waals surface area contributed by atoms with Crippen LogP contribution in [0.1, 0.15) is 272 Å². The Bertz CT molecular complexity index is 2290. The maximum absolute atomic E-state index is 13.2. The number of aliphatic hydroxyl groups is 1. The molecule has 7 aliphatic rings. The van der Waals surface area contributed by atoms with E-state index < -0.39 is 5.92 Å². The van der Waals surface area contributed by atoms with Gasteiger partial charge in [-0.3, -0.25) is 34.2 Å². The molecule has 11 heteroatoms. The van der Waals surface area contributed by atoms with Gasteiger partial charge in [0.2, 0.25) is 5.92 Å². The molecule has 5 fully saturated rings. The van der Waals surface area contributed by atoms with Gasteiger partial charge in [0.25, 0.3) is 0 Å². The summed E-state index contributed by atoms with van der Waals surface area (Å²) in [5, 5.41) is 10.7. The SMILES string of the molecule is CC1C2CCCCC2(O)CCN1C(C)(C)C.CC1CC(=O)CCCN1C(C)(C)C.CC1CCC(F)(F)CCN1C(C)(C)C.CC1CCOCCN1C(C)(C)C.CC1Cc2ccccc2CN1C(C)(C)C.CC1c2ccccc2CCN1C(C)(C)C. The van der Waals surface area contributed by atoms with Crippen LogP contribution in [-0.4, -0.2) is 161 Å². The van der Waals surface area contributed by atoms with Crippen LogP contribution in [0.25, 0.3) is 0 Å². The summed E-state index contributed by atoms with van der Waals surface area (Å²) in [5.41, 5.74) is 6.99. The Morgan fingerprint density at radius 3 is 1.53 bits per heavy atom. The summed E-state index contributed by atoms with van der Waals surface area (Å²) in [4.78, 5) is 26.3. The number of likely N-dealkylation sites (tertiary alicyclic amines) is 3. The van der Waals surface area contributed by atoms with Gasteiger partial charge in [-0.25, -0.2) is 8.78 Å². The monoisotopic (exact) mass is 1190 g/mol. The Balaban J connectivity index is 0.000000219. The Morgan fingerprint density at radius 1 is 0.459 bits per heavy atom. The molecule has 6 heterocycles. The molecule has 4 saturated heterocycles. The lowest BCUT2D eigenvalue weighted by Crippen LogP contribution is -2.62. The molecule has 8 atom stereocenters. The van der Waals surface area contributed by atoms with Gasteiger partial charge in [-0.1, -0.05) is 61.4 Å². The molecule has 8 unspecified atom stereocenters. The number of carbonyl (C=O) groups excluding carboxylic acids is 1. The first-order chi connectivity index (χ1) is 39.0. The predicted octanol–water partition coefficient (Wildman–Crippen LogP) is 16.9. The van der Waals surface area contributed by atoms with Crippen molar-refractivity contribution in [1.29, 1.82) is 0 Å². The molecule has 0 aromatic heterocycles. The van der Waals surface area contributed by atoms with Crippen LogP contribution in [0.3, 0.4) is 0 Å². The van der Waals surface area contributed by atoms with Crippen LogP contribution in [-0.2, 0) is 28.9 Å². The Morgan fingerprint density at radius 2 is 0.953 bits per heavy atom. The minimum absolute atomic E-state index is 0.000162. The molecule has 85 heavy (non-hydrogen) atoms. The van der Waals surface area contributed by atoms with E-state index in [1.54, 1.807) is 0 Å². The number of fused-ring (bicyclic) bond motifs is 3. The van der Waals surface area contributed by atoms with Crippen molar-refractivity contribution in [2.24, 2.45) is 5.92 Å². The van der Waals surface area contributed by atoms with Gasteiger partial charge in [0.1, 0.15) is 5.78 Å². The number of halogens is 2. The number of hydrogen-bond donors (Lipinski definition) is 1. The zero-order chi connectivity index (χ0) is 64.3. The smallest absolute Gasteiger partial charge is 0.249 e. The van der Waals surface area contributed by atoms with E-state index in [1.807, 2.05) is 6.92 Å². The van der Waals surface area contributed by atoms with Gasteiger partial charge < -0.3 is 9.84 Å². The lowest BCUT2D eigenvalue weighted by atomic mass is 9.67. The van der Waals surface area contributed by atoms with E-state index in [2.05, 4.69) is 237 Å². The van der Waals surface area contributed by atoms with Crippen molar-refractivity contribution in [2.75, 3.05) is 45.9 Å². The van der Waals surface area contributed by atoms with Gasteiger partial charge in [-0.15, -0.1) is 0 Å². The average Bonchev–Trinajstić information content (AvgIpc) is 2.09. The van der Waals surface area contributed by atoms with Gasteiger partial charge in [-0.2, -0.15) is 0 Å². The van der Waals surface area contributed by atoms with E-state index in [0.29, 0.717) is 54.9 Å². The molecule has 0 radical (unpaired) electrons. The molecule has 1 N–H and O–H groups in total. The first kappa shape index (κ1) is 75.1. The summed E-state index contributed by atoms with van der Waals surface area (Å²) in [6.45, 7) is 61.7. The van der Waals surface area contributed by atoms with E-state index in [0.717, 1.165) is 77.9 Å². The molecule has 9 nitrogen and oxygen atoms in total. The summed E-state index contributed by atoms with van der Waals surface area (Å²) in [6, 6.07) is 20.8. The highest BCUT2D eigenvalue weighted by atomic mass is 19.3. The van der Waals surface area contributed by atoms with E-state index in [1.165, 1.54) is 60.9 Å². The second-order valence-electron chi connectivity index (χ2n) is 33.0. The van der Waals surface area contributed by atoms with Crippen LogP contribution in [0, 0.1) is 5.92 Å². The largest absolute Gasteiger partial charge is 0.389 e. The van der Waals surface area contributed by atoms with E-state index >= 15 is 0 Å². The third-order valence-corrected chi connectivity index (χ3v) is 20.0. The number of nitrogens with zero attached hydrogens (tertiary/aromatic N) is 6. The van der Waals surface area contributed by atoms with E-state index in [9.17, 15) is 18.7 Å². The lowest BCUT2D eigenvalue weighted by Gasteiger charge is -2.55. The molecule has 0 amide bonds. The topological polar surface area (TPSA) is 66.0 Å². The number of piperidine rings is 1. The molecule has 2 aromatic carbocycles. The van der Waals surface area contributed by atoms with Crippen molar-refractivity contribution in [2.45, 2.75) is 344 Å². The first-order valence-corrected chi connectivity index (χ1v) is 33.9. The van der Waals surface area contributed by atoms with Gasteiger partial charge in [0, 0.05) is 140 Å². The summed E-state index contributed by atoms with van der Waals surface area (Å²) >= 11 is 0. The third kappa shape index (κ3) is 22.8. The Labute approximate surface area is 522 Å². The fourth-order valence-electron chi connectivity index (χ4n) is 15.5. The third-order valence-electron chi connectivity index (χ3n) is 20.0. The molecule has 6 aliphatic heterocycles. The zero-order valence-corrected chi connectivity index (χ0v) is 59.4. The van der Waals surface area contributed by atoms with E-state index in [-0.39, 0.29) is 57.7 Å². The quantitative estimate of drug-likeness (QED) is 0.278. The number of Topliss-reactive ketones (excluding diaryl/α,β-unsaturated/α-hetero) is 1. The molecule has 9 rings (SSSR count). The summed E-state index contributed by atoms with van der Waals surface area (Å²) in [5.74, 6) is -1.53.